The van der Waals surface area contributed by atoms with Crippen LogP contribution in [0.4, 0.5) is 0 Å². The van der Waals surface area contributed by atoms with Gasteiger partial charge < -0.3 is 20.1 Å². The van der Waals surface area contributed by atoms with Crippen LogP contribution in [0, 0.1) is 0 Å². The summed E-state index contributed by atoms with van der Waals surface area (Å²) in [7, 11) is 1.27. The molecule has 2 heterocycles. The van der Waals surface area contributed by atoms with Gasteiger partial charge in [-0.2, -0.15) is 0 Å². The van der Waals surface area contributed by atoms with Crippen LogP contribution in [-0.2, 0) is 14.3 Å². The first-order valence-corrected chi connectivity index (χ1v) is 6.68. The third kappa shape index (κ3) is 3.34. The fraction of sp³-hybridized carbons (Fsp3) is 0.385. The average molecular weight is 309 g/mol. The standard InChI is InChI=1S/C13H15N3O4S/c1-19-13(18)10-7-20-5-4-16(10)12(17)9-3-2-8(6-15-9)11(14)21/h2-3,6,10H,4-5,7H2,1H3,(H2,14,21). The summed E-state index contributed by atoms with van der Waals surface area (Å²) >= 11 is 4.83. The molecule has 112 valence electrons. The number of methoxy groups -OCH3 is 1. The Kier molecular flexibility index (Phi) is 4.81. The Labute approximate surface area is 127 Å². The quantitative estimate of drug-likeness (QED) is 0.606. The molecule has 1 saturated heterocycles. The molecule has 0 radical (unpaired) electrons. The predicted octanol–water partition coefficient (Wildman–Crippen LogP) is -0.270. The van der Waals surface area contributed by atoms with E-state index >= 15 is 0 Å². The minimum absolute atomic E-state index is 0.114. The van der Waals surface area contributed by atoms with E-state index in [4.69, 9.17) is 22.7 Å². The number of hydrogen-bond acceptors (Lipinski definition) is 6. The van der Waals surface area contributed by atoms with Gasteiger partial charge in [-0.05, 0) is 12.1 Å². The van der Waals surface area contributed by atoms with E-state index in [0.29, 0.717) is 18.7 Å². The van der Waals surface area contributed by atoms with Gasteiger partial charge in [0.15, 0.2) is 6.04 Å². The van der Waals surface area contributed by atoms with Gasteiger partial charge in [-0.25, -0.2) is 4.79 Å². The largest absolute Gasteiger partial charge is 0.467 e. The van der Waals surface area contributed by atoms with Crippen molar-refractivity contribution in [1.29, 1.82) is 0 Å². The predicted molar refractivity (Wildman–Crippen MR) is 77.8 cm³/mol. The number of rotatable bonds is 3. The van der Waals surface area contributed by atoms with Gasteiger partial charge in [-0.3, -0.25) is 9.78 Å². The van der Waals surface area contributed by atoms with Crippen LogP contribution in [0.25, 0.3) is 0 Å². The molecule has 1 unspecified atom stereocenters. The third-order valence-corrected chi connectivity index (χ3v) is 3.37. The molecule has 1 aliphatic heterocycles. The van der Waals surface area contributed by atoms with E-state index in [1.54, 1.807) is 6.07 Å². The van der Waals surface area contributed by atoms with Crippen LogP contribution >= 0.6 is 12.2 Å². The molecule has 0 aromatic carbocycles. The van der Waals surface area contributed by atoms with Crippen molar-refractivity contribution < 1.29 is 19.1 Å². The highest BCUT2D eigenvalue weighted by molar-refractivity contribution is 7.80. The first-order valence-electron chi connectivity index (χ1n) is 6.27. The molecule has 0 aliphatic carbocycles. The van der Waals surface area contributed by atoms with E-state index in [1.807, 2.05) is 0 Å². The van der Waals surface area contributed by atoms with Crippen molar-refractivity contribution in [2.75, 3.05) is 26.9 Å². The Morgan fingerprint density at radius 2 is 2.29 bits per heavy atom. The second-order valence-corrected chi connectivity index (χ2v) is 4.85. The normalized spacial score (nSPS) is 18.1. The van der Waals surface area contributed by atoms with E-state index < -0.39 is 12.0 Å². The summed E-state index contributed by atoms with van der Waals surface area (Å²) in [6.45, 7) is 0.783. The minimum Gasteiger partial charge on any atom is -0.467 e. The maximum absolute atomic E-state index is 12.4. The highest BCUT2D eigenvalue weighted by atomic mass is 32.1. The van der Waals surface area contributed by atoms with E-state index in [2.05, 4.69) is 9.72 Å². The topological polar surface area (TPSA) is 94.8 Å². The van der Waals surface area contributed by atoms with Crippen molar-refractivity contribution in [1.82, 2.24) is 9.88 Å². The number of morpholine rings is 1. The summed E-state index contributed by atoms with van der Waals surface area (Å²) in [6.07, 6.45) is 1.43. The lowest BCUT2D eigenvalue weighted by molar-refractivity contribution is -0.151. The van der Waals surface area contributed by atoms with Crippen LogP contribution in [0.15, 0.2) is 18.3 Å². The molecule has 1 atom stereocenters. The van der Waals surface area contributed by atoms with E-state index in [1.165, 1.54) is 24.3 Å². The fourth-order valence-electron chi connectivity index (χ4n) is 1.99. The van der Waals surface area contributed by atoms with Gasteiger partial charge in [-0.1, -0.05) is 12.2 Å². The Hall–Kier alpha value is -2.06. The van der Waals surface area contributed by atoms with Crippen LogP contribution in [0.1, 0.15) is 16.1 Å². The van der Waals surface area contributed by atoms with Crippen LogP contribution in [0.5, 0.6) is 0 Å². The molecule has 1 aromatic heterocycles. The monoisotopic (exact) mass is 309 g/mol. The van der Waals surface area contributed by atoms with Gasteiger partial charge in [-0.15, -0.1) is 0 Å². The Bertz CT molecular complexity index is 561. The lowest BCUT2D eigenvalue weighted by Gasteiger charge is -2.33. The van der Waals surface area contributed by atoms with Gasteiger partial charge in [0.05, 0.1) is 20.3 Å². The van der Waals surface area contributed by atoms with Crippen LogP contribution in [0.2, 0.25) is 0 Å². The molecule has 2 rings (SSSR count). The zero-order chi connectivity index (χ0) is 15.4. The third-order valence-electron chi connectivity index (χ3n) is 3.13. The smallest absolute Gasteiger partial charge is 0.331 e. The van der Waals surface area contributed by atoms with E-state index in [9.17, 15) is 9.59 Å². The number of esters is 1. The second kappa shape index (κ2) is 6.59. The van der Waals surface area contributed by atoms with Crippen molar-refractivity contribution in [3.8, 4) is 0 Å². The van der Waals surface area contributed by atoms with Crippen molar-refractivity contribution in [3.05, 3.63) is 29.6 Å². The molecule has 1 amide bonds. The number of nitrogens with two attached hydrogens (primary N) is 1. The minimum atomic E-state index is -0.756. The molecule has 0 spiro atoms. The summed E-state index contributed by atoms with van der Waals surface area (Å²) in [6, 6.07) is 2.39. The van der Waals surface area contributed by atoms with Crippen molar-refractivity contribution in [2.45, 2.75) is 6.04 Å². The SMILES string of the molecule is COC(=O)C1COCCN1C(=O)c1ccc(C(N)=S)cn1. The van der Waals surface area contributed by atoms with Gasteiger partial charge >= 0.3 is 5.97 Å². The number of nitrogens with zero attached hydrogens (tertiary/aromatic N) is 2. The molecule has 1 aromatic rings. The highest BCUT2D eigenvalue weighted by Gasteiger charge is 2.34. The number of thiocarbonyl (C=S) groups is 1. The summed E-state index contributed by atoms with van der Waals surface area (Å²) < 4.78 is 9.91. The maximum atomic E-state index is 12.4. The molecule has 1 aliphatic rings. The average Bonchev–Trinajstić information content (AvgIpc) is 2.53. The van der Waals surface area contributed by atoms with E-state index in [0.717, 1.165) is 0 Å². The summed E-state index contributed by atoms with van der Waals surface area (Å²) in [5.74, 6) is -0.869. The van der Waals surface area contributed by atoms with Gasteiger partial charge in [0.2, 0.25) is 0 Å². The van der Waals surface area contributed by atoms with E-state index in [-0.39, 0.29) is 23.2 Å². The van der Waals surface area contributed by atoms with Gasteiger partial charge in [0.1, 0.15) is 10.7 Å². The van der Waals surface area contributed by atoms with Crippen molar-refractivity contribution in [3.63, 3.8) is 0 Å². The number of carbonyl (C=O) groups excluding carboxylic acids is 2. The molecule has 1 fully saturated rings. The Balaban J connectivity index is 2.20. The summed E-state index contributed by atoms with van der Waals surface area (Å²) in [5, 5.41) is 0. The molecular formula is C13H15N3O4S. The highest BCUT2D eigenvalue weighted by Crippen LogP contribution is 2.13. The summed E-state index contributed by atoms with van der Waals surface area (Å²) in [5.41, 5.74) is 6.27. The zero-order valence-electron chi connectivity index (χ0n) is 11.4. The molecule has 21 heavy (non-hydrogen) atoms. The molecule has 7 nitrogen and oxygen atoms in total. The lowest BCUT2D eigenvalue weighted by Crippen LogP contribution is -2.53. The van der Waals surface area contributed by atoms with Crippen molar-refractivity contribution >= 4 is 29.1 Å². The van der Waals surface area contributed by atoms with Crippen LogP contribution < -0.4 is 5.73 Å². The number of ether oxygens (including phenoxy) is 2. The number of pyridine rings is 1. The Morgan fingerprint density at radius 3 is 2.86 bits per heavy atom. The number of hydrogen-bond donors (Lipinski definition) is 1. The summed E-state index contributed by atoms with van der Waals surface area (Å²) in [4.78, 5) is 29.8. The first-order chi connectivity index (χ1) is 10.0. The maximum Gasteiger partial charge on any atom is 0.331 e. The lowest BCUT2D eigenvalue weighted by atomic mass is 10.2. The second-order valence-electron chi connectivity index (χ2n) is 4.41. The molecule has 2 N–H and O–H groups in total. The first kappa shape index (κ1) is 15.3. The number of aromatic nitrogens is 1. The van der Waals surface area contributed by atoms with Crippen LogP contribution in [-0.4, -0.2) is 59.7 Å². The molecule has 0 bridgehead atoms. The Morgan fingerprint density at radius 1 is 1.52 bits per heavy atom. The number of carbonyl (C=O) groups is 2. The fourth-order valence-corrected chi connectivity index (χ4v) is 2.11. The number of amides is 1. The van der Waals surface area contributed by atoms with Gasteiger partial charge in [0, 0.05) is 18.3 Å². The zero-order valence-corrected chi connectivity index (χ0v) is 12.3. The van der Waals surface area contributed by atoms with Gasteiger partial charge in [0.25, 0.3) is 5.91 Å². The van der Waals surface area contributed by atoms with Crippen molar-refractivity contribution in [2.24, 2.45) is 5.73 Å². The molecule has 8 heteroatoms. The molecule has 0 saturated carbocycles. The molecular weight excluding hydrogens is 294 g/mol. The van der Waals surface area contributed by atoms with Crippen LogP contribution in [0.3, 0.4) is 0 Å².